The number of esters is 3. The van der Waals surface area contributed by atoms with Gasteiger partial charge in [-0.1, -0.05) is 150 Å². The van der Waals surface area contributed by atoms with Gasteiger partial charge in [-0.3, -0.25) is 24.0 Å². The van der Waals surface area contributed by atoms with Crippen molar-refractivity contribution in [3.8, 4) is 23.0 Å². The number of methoxy groups -OCH3 is 2. The van der Waals surface area contributed by atoms with Crippen LogP contribution in [0.4, 0.5) is 4.79 Å². The molecule has 6 atom stereocenters. The molecule has 8 aliphatic rings. The second-order valence-electron chi connectivity index (χ2n) is 37.4. The van der Waals surface area contributed by atoms with Crippen LogP contribution < -0.4 is 24.3 Å². The average molecular weight is 2180 g/mol. The van der Waals surface area contributed by atoms with Gasteiger partial charge in [-0.15, -0.1) is 12.4 Å². The number of hydrogen-bond donors (Lipinski definition) is 6. The van der Waals surface area contributed by atoms with E-state index >= 15 is 0 Å². The van der Waals surface area contributed by atoms with Crippen molar-refractivity contribution in [3.05, 3.63) is 252 Å². The fourth-order valence-electron chi connectivity index (χ4n) is 18.9. The second kappa shape index (κ2) is 53.8. The molecule has 4 fully saturated rings. The van der Waals surface area contributed by atoms with E-state index in [1.54, 1.807) is 14.2 Å². The number of fused-ring (bicyclic) bond motifs is 4. The van der Waals surface area contributed by atoms with E-state index in [9.17, 15) is 49.2 Å². The Morgan fingerprint density at radius 1 is 0.391 bits per heavy atom. The maximum absolute atomic E-state index is 12.2. The molecule has 0 saturated carbocycles. The molecule has 0 aromatic heterocycles. The molecule has 6 N–H and O–H groups in total. The average Bonchev–Trinajstić information content (AvgIpc) is 0.765. The van der Waals surface area contributed by atoms with Crippen LogP contribution in [0.15, 0.2) is 163 Å². The molecule has 25 nitrogen and oxygen atoms in total. The highest BCUT2D eigenvalue weighted by molar-refractivity contribution is 9.11. The summed E-state index contributed by atoms with van der Waals surface area (Å²) in [5.74, 6) is 4.13. The van der Waals surface area contributed by atoms with Crippen LogP contribution >= 0.6 is 76.1 Å². The van der Waals surface area contributed by atoms with Gasteiger partial charge in [0.15, 0.2) is 23.8 Å². The maximum atomic E-state index is 12.2. The number of carboxylic acid groups (broad SMARTS) is 1. The lowest BCUT2D eigenvalue weighted by atomic mass is 9.86. The largest absolute Gasteiger partial charge is 0.506 e. The van der Waals surface area contributed by atoms with Crippen molar-refractivity contribution in [2.24, 2.45) is 23.7 Å². The molecule has 748 valence electrons. The van der Waals surface area contributed by atoms with Crippen LogP contribution in [-0.2, 0) is 132 Å². The summed E-state index contributed by atoms with van der Waals surface area (Å²) < 4.78 is 57.3. The molecule has 8 heterocycles. The van der Waals surface area contributed by atoms with Gasteiger partial charge in [0, 0.05) is 106 Å². The van der Waals surface area contributed by atoms with Crippen LogP contribution in [0.2, 0.25) is 0 Å². The number of aliphatic hydroxyl groups is 4. The minimum absolute atomic E-state index is 0. The van der Waals surface area contributed by atoms with Gasteiger partial charge >= 0.3 is 24.1 Å². The predicted molar refractivity (Wildman–Crippen MR) is 545 cm³/mol. The Morgan fingerprint density at radius 2 is 0.674 bits per heavy atom. The summed E-state index contributed by atoms with van der Waals surface area (Å²) in [6.45, 7) is 23.4. The number of halogens is 5. The molecule has 0 radical (unpaired) electrons. The van der Waals surface area contributed by atoms with Crippen molar-refractivity contribution in [1.82, 2.24) is 20.0 Å². The zero-order chi connectivity index (χ0) is 97.9. The van der Waals surface area contributed by atoms with Crippen LogP contribution in [0.5, 0.6) is 23.0 Å². The fourth-order valence-corrected chi connectivity index (χ4v) is 20.3. The Balaban J connectivity index is 0.000000169. The summed E-state index contributed by atoms with van der Waals surface area (Å²) in [6.07, 6.45) is 13.6. The first-order chi connectivity index (χ1) is 65.8. The lowest BCUT2D eigenvalue weighted by Crippen LogP contribution is -2.45. The Labute approximate surface area is 851 Å². The number of ether oxygens (including phenoxy) is 10. The Hall–Kier alpha value is -8.21. The zero-order valence-electron chi connectivity index (χ0n) is 80.5. The first kappa shape index (κ1) is 110. The summed E-state index contributed by atoms with van der Waals surface area (Å²) in [6, 6.07) is 48.9. The second-order valence-corrected chi connectivity index (χ2v) is 40.9. The maximum Gasteiger partial charge on any atom is 0.506 e. The van der Waals surface area contributed by atoms with E-state index in [4.69, 9.17) is 52.5 Å². The van der Waals surface area contributed by atoms with Crippen LogP contribution in [0.1, 0.15) is 198 Å². The number of aryl methyl sites for hydroxylation is 1. The number of ketones is 2. The number of benzene rings is 8. The van der Waals surface area contributed by atoms with Crippen molar-refractivity contribution in [3.63, 3.8) is 0 Å². The van der Waals surface area contributed by atoms with Crippen LogP contribution in [-0.4, -0.2) is 213 Å². The number of Topliss-reactive ketones (excluding diaryl/α,β-unsaturated/α-hetero) is 2. The number of carbonyl (C=O) groups excluding carboxylic acids is 5. The molecule has 0 bridgehead atoms. The molecule has 138 heavy (non-hydrogen) atoms. The highest BCUT2D eigenvalue weighted by Crippen LogP contribution is 2.43. The topological polar surface area (TPSA) is 318 Å². The van der Waals surface area contributed by atoms with Crippen molar-refractivity contribution in [2.45, 2.75) is 213 Å². The van der Waals surface area contributed by atoms with Gasteiger partial charge in [0.25, 0.3) is 0 Å². The lowest BCUT2D eigenvalue weighted by Gasteiger charge is -2.39. The number of piperidine rings is 4. The summed E-state index contributed by atoms with van der Waals surface area (Å²) in [7, 11) is 3.27. The summed E-state index contributed by atoms with van der Waals surface area (Å²) in [5.41, 5.74) is 15.1. The number of hydrogen-bond acceptors (Lipinski definition) is 24. The molecular formula is C108H135Br4ClN4O21. The van der Waals surface area contributed by atoms with Crippen LogP contribution in [0, 0.1) is 23.7 Å². The molecule has 8 aliphatic heterocycles. The highest BCUT2D eigenvalue weighted by Gasteiger charge is 2.43. The molecule has 0 spiro atoms. The Bertz CT molecular complexity index is 5230. The molecule has 8 aromatic carbocycles. The third-order valence-corrected chi connectivity index (χ3v) is 30.6. The Kier molecular flexibility index (Phi) is 42.9. The van der Waals surface area contributed by atoms with E-state index in [1.807, 2.05) is 80.6 Å². The van der Waals surface area contributed by atoms with E-state index in [2.05, 4.69) is 170 Å². The van der Waals surface area contributed by atoms with Crippen molar-refractivity contribution in [1.29, 1.82) is 0 Å². The van der Waals surface area contributed by atoms with Gasteiger partial charge in [-0.2, -0.15) is 0 Å². The molecule has 0 aliphatic carbocycles. The third-order valence-electron chi connectivity index (χ3n) is 27.5. The standard InChI is InChI=1S/C28H36BrNO5.C26H30BrNO5.C25H28BrNO6.C15H20BrNO2.C14H20O3.ClH/c1-19(31)34-17-23-15-22(4-6-25(23)29)14-21-9-12-30(13-10-21)11-8-20-5-7-26-24(16-20)28(2,33-3)27(32)18-35-26;1-17(29)32-15-21-13-20(2-4-23(21)27)12-19-7-10-28(11-8-19)9-6-18-3-5-25-22(14-18)26(31)24(30)16-33-25;26-21-3-1-18(12-19(21)14-33-25(30)31)11-17-6-9-27(10-7-17)8-5-16-2-4-23-20(13-16)24(29)22(28)15-32-23;1-11(18)19-10-14-9-13(2-3-15(14)16)8-12-4-6-17-7-5-12;1-4-5-10-6-7-12-11(8-10)14(2,16-3)13(15)9-17-12;/h4-7,15-16,21,27,32H,8-14,17-18H2,1-3H3;2-5,13-14,19,24,30H,6-12,15-16H2,1H3;1-4,12-13,17,22,28H,5-11,14-15H2,(H,30,31);2-3,9,12,17H,4-8,10H2,1H3;6-8,13,15H,4-5,9H2,1-3H3;1H. The minimum atomic E-state index is -1.27. The quantitative estimate of drug-likeness (QED) is 0.0187. The van der Waals surface area contributed by atoms with Crippen LogP contribution in [0.25, 0.3) is 0 Å². The van der Waals surface area contributed by atoms with E-state index in [0.29, 0.717) is 60.2 Å². The van der Waals surface area contributed by atoms with Gasteiger partial charge in [-0.05, 0) is 310 Å². The van der Waals surface area contributed by atoms with E-state index in [0.717, 1.165) is 235 Å². The summed E-state index contributed by atoms with van der Waals surface area (Å²) in [5, 5.41) is 52.1. The first-order valence-electron chi connectivity index (χ1n) is 48.0. The van der Waals surface area contributed by atoms with Crippen molar-refractivity contribution >= 4 is 112 Å². The number of rotatable bonds is 29. The third kappa shape index (κ3) is 31.9. The smallest absolute Gasteiger partial charge is 0.490 e. The zero-order valence-corrected chi connectivity index (χ0v) is 87.6. The SMILES string of the molecule is CC(=O)OCc1cc(CC2CCN(CCc3ccc4c(c3)C(=O)C(O)CO4)CC2)ccc1Br.CC(=O)OCc1cc(CC2CCNCC2)ccc1Br.CCCc1ccc2c(c1)C(C)(OC)C(O)CO2.COC1(C)c2cc(CCN3CCC(Cc4ccc(Br)c(COC(C)=O)c4)CC3)ccc2OCC1O.Cl.O=C(O)OCc1cc(CC2CCN(CCc3ccc4c(c3)C(=O)C(O)CO4)CC2)ccc1Br. The van der Waals surface area contributed by atoms with E-state index < -0.39 is 41.8 Å². The van der Waals surface area contributed by atoms with Gasteiger partial charge < -0.3 is 92.9 Å². The molecular weight excluding hydrogens is 2040 g/mol. The fraction of sp³-hybridized carbons (Fsp3) is 0.500. The predicted octanol–water partition coefficient (Wildman–Crippen LogP) is 18.4. The van der Waals surface area contributed by atoms with E-state index in [-0.39, 0.29) is 74.9 Å². The molecule has 30 heteroatoms. The number of nitrogens with zero attached hydrogens (tertiary/aromatic N) is 3. The van der Waals surface area contributed by atoms with E-state index in [1.165, 1.54) is 79.8 Å². The van der Waals surface area contributed by atoms with Gasteiger partial charge in [0.05, 0.1) is 11.1 Å². The number of nitrogens with one attached hydrogen (secondary N) is 1. The molecule has 6 unspecified atom stereocenters. The lowest BCUT2D eigenvalue weighted by molar-refractivity contribution is -0.143. The number of aliphatic hydroxyl groups excluding tert-OH is 4. The van der Waals surface area contributed by atoms with Gasteiger partial charge in [0.1, 0.15) is 99.3 Å². The summed E-state index contributed by atoms with van der Waals surface area (Å²) >= 11 is 14.1. The van der Waals surface area contributed by atoms with Crippen molar-refractivity contribution in [2.75, 3.05) is 113 Å². The Morgan fingerprint density at radius 3 is 0.978 bits per heavy atom. The van der Waals surface area contributed by atoms with Gasteiger partial charge in [0.2, 0.25) is 0 Å². The number of likely N-dealkylation sites (tertiary alicyclic amines) is 3. The number of carbonyl (C=O) groups is 6. The monoisotopic (exact) mass is 2170 g/mol. The van der Waals surface area contributed by atoms with Crippen molar-refractivity contribution < 1.29 is 102 Å². The first-order valence-corrected chi connectivity index (χ1v) is 51.2. The molecule has 0 amide bonds. The molecule has 4 saturated heterocycles. The minimum Gasteiger partial charge on any atom is -0.490 e. The highest BCUT2D eigenvalue weighted by atomic mass is 79.9. The van der Waals surface area contributed by atoms with Crippen LogP contribution in [0.3, 0.4) is 0 Å². The normalized spacial score (nSPS) is 20.6. The van der Waals surface area contributed by atoms with Gasteiger partial charge in [-0.25, -0.2) is 4.79 Å². The molecule has 8 aromatic rings. The molecule has 16 rings (SSSR count). The summed E-state index contributed by atoms with van der Waals surface area (Å²) in [4.78, 5) is 75.7.